The number of hydrogen-bond acceptors (Lipinski definition) is 2. The van der Waals surface area contributed by atoms with Crippen LogP contribution in [0, 0.1) is 5.92 Å². The van der Waals surface area contributed by atoms with E-state index in [9.17, 15) is 4.79 Å². The summed E-state index contributed by atoms with van der Waals surface area (Å²) in [6, 6.07) is 0. The number of thiophene rings is 1. The van der Waals surface area contributed by atoms with Gasteiger partial charge >= 0.3 is 0 Å². The summed E-state index contributed by atoms with van der Waals surface area (Å²) < 4.78 is 0. The molecule has 0 radical (unpaired) electrons. The van der Waals surface area contributed by atoms with Gasteiger partial charge in [-0.15, -0.1) is 11.3 Å². The molecule has 2 heterocycles. The SMILES string of the molecule is CC(=O)Nc1sc2c(c1C[NH+]1CCC(C)CC1)CCCC2. The Labute approximate surface area is 131 Å². The van der Waals surface area contributed by atoms with Gasteiger partial charge in [-0.3, -0.25) is 4.79 Å². The molecule has 1 fully saturated rings. The Morgan fingerprint density at radius 2 is 2.00 bits per heavy atom. The minimum absolute atomic E-state index is 0.0668. The third-order valence-electron chi connectivity index (χ3n) is 4.98. The lowest BCUT2D eigenvalue weighted by Gasteiger charge is -2.28. The largest absolute Gasteiger partial charge is 0.331 e. The molecule has 2 N–H and O–H groups in total. The first-order chi connectivity index (χ1) is 10.1. The zero-order valence-corrected chi connectivity index (χ0v) is 14.1. The average molecular weight is 307 g/mol. The quantitative estimate of drug-likeness (QED) is 0.883. The number of hydrogen-bond donors (Lipinski definition) is 2. The van der Waals surface area contributed by atoms with Gasteiger partial charge in [0.1, 0.15) is 11.5 Å². The van der Waals surface area contributed by atoms with Crippen molar-refractivity contribution in [2.24, 2.45) is 5.92 Å². The molecule has 0 unspecified atom stereocenters. The van der Waals surface area contributed by atoms with Crippen LogP contribution in [0.5, 0.6) is 0 Å². The molecule has 1 aromatic heterocycles. The fourth-order valence-electron chi connectivity index (χ4n) is 3.68. The van der Waals surface area contributed by atoms with Crippen LogP contribution in [0.2, 0.25) is 0 Å². The molecule has 1 aliphatic heterocycles. The van der Waals surface area contributed by atoms with E-state index < -0.39 is 0 Å². The highest BCUT2D eigenvalue weighted by molar-refractivity contribution is 7.16. The first-order valence-electron chi connectivity index (χ1n) is 8.38. The van der Waals surface area contributed by atoms with Gasteiger partial charge in [-0.05, 0) is 50.0 Å². The van der Waals surface area contributed by atoms with Crippen LogP contribution in [0.25, 0.3) is 0 Å². The van der Waals surface area contributed by atoms with Crippen molar-refractivity contribution in [2.45, 2.75) is 58.9 Å². The number of fused-ring (bicyclic) bond motifs is 1. The van der Waals surface area contributed by atoms with E-state index in [0.29, 0.717) is 0 Å². The Kier molecular flexibility index (Phi) is 4.65. The zero-order valence-electron chi connectivity index (χ0n) is 13.3. The molecule has 4 heteroatoms. The maximum atomic E-state index is 11.5. The molecular formula is C17H27N2OS+. The van der Waals surface area contributed by atoms with E-state index in [2.05, 4.69) is 12.2 Å². The molecule has 2 aliphatic rings. The second kappa shape index (κ2) is 6.49. The highest BCUT2D eigenvalue weighted by atomic mass is 32.1. The number of nitrogens with one attached hydrogen (secondary N) is 2. The van der Waals surface area contributed by atoms with Crippen molar-refractivity contribution in [1.29, 1.82) is 0 Å². The van der Waals surface area contributed by atoms with Gasteiger partial charge in [0.25, 0.3) is 0 Å². The van der Waals surface area contributed by atoms with E-state index in [1.54, 1.807) is 17.4 Å². The maximum absolute atomic E-state index is 11.5. The molecule has 1 aliphatic carbocycles. The number of quaternary nitrogens is 1. The molecule has 0 bridgehead atoms. The van der Waals surface area contributed by atoms with E-state index in [4.69, 9.17) is 0 Å². The molecule has 0 atom stereocenters. The zero-order chi connectivity index (χ0) is 14.8. The Hall–Kier alpha value is -0.870. The minimum Gasteiger partial charge on any atom is -0.331 e. The van der Waals surface area contributed by atoms with Crippen LogP contribution in [0.15, 0.2) is 0 Å². The third kappa shape index (κ3) is 3.49. The van der Waals surface area contributed by atoms with Crippen LogP contribution < -0.4 is 10.2 Å². The summed E-state index contributed by atoms with van der Waals surface area (Å²) in [5.41, 5.74) is 3.02. The Balaban J connectivity index is 1.81. The summed E-state index contributed by atoms with van der Waals surface area (Å²) in [5, 5.41) is 4.23. The average Bonchev–Trinajstić information content (AvgIpc) is 2.78. The number of anilines is 1. The normalized spacial score (nSPS) is 25.4. The lowest BCUT2D eigenvalue weighted by atomic mass is 9.94. The van der Waals surface area contributed by atoms with Gasteiger partial charge in [0.15, 0.2) is 0 Å². The number of aryl methyl sites for hydroxylation is 1. The van der Waals surface area contributed by atoms with Gasteiger partial charge in [-0.1, -0.05) is 6.92 Å². The van der Waals surface area contributed by atoms with Crippen molar-refractivity contribution in [3.8, 4) is 0 Å². The van der Waals surface area contributed by atoms with E-state index in [1.165, 1.54) is 62.1 Å². The van der Waals surface area contributed by atoms with Gasteiger partial charge < -0.3 is 10.2 Å². The van der Waals surface area contributed by atoms with Crippen molar-refractivity contribution in [2.75, 3.05) is 18.4 Å². The van der Waals surface area contributed by atoms with Crippen molar-refractivity contribution in [1.82, 2.24) is 0 Å². The highest BCUT2D eigenvalue weighted by Crippen LogP contribution is 2.37. The van der Waals surface area contributed by atoms with Crippen LogP contribution in [0.3, 0.4) is 0 Å². The fourth-order valence-corrected chi connectivity index (χ4v) is 5.03. The predicted molar refractivity (Wildman–Crippen MR) is 88.1 cm³/mol. The predicted octanol–water partition coefficient (Wildman–Crippen LogP) is 2.40. The number of piperidine rings is 1. The van der Waals surface area contributed by atoms with E-state index in [0.717, 1.165) is 17.5 Å². The van der Waals surface area contributed by atoms with Crippen LogP contribution in [-0.4, -0.2) is 19.0 Å². The lowest BCUT2D eigenvalue weighted by Crippen LogP contribution is -3.11. The van der Waals surface area contributed by atoms with E-state index in [-0.39, 0.29) is 5.91 Å². The van der Waals surface area contributed by atoms with Crippen LogP contribution in [0.1, 0.15) is 55.5 Å². The second-order valence-corrected chi connectivity index (χ2v) is 7.91. The lowest BCUT2D eigenvalue weighted by molar-refractivity contribution is -0.919. The molecular weight excluding hydrogens is 280 g/mol. The second-order valence-electron chi connectivity index (χ2n) is 6.81. The summed E-state index contributed by atoms with van der Waals surface area (Å²) in [4.78, 5) is 14.7. The number of carbonyl (C=O) groups is 1. The molecule has 0 aromatic carbocycles. The highest BCUT2D eigenvalue weighted by Gasteiger charge is 2.26. The molecule has 1 saturated heterocycles. The molecule has 3 rings (SSSR count). The standard InChI is InChI=1S/C17H26N2OS/c1-12-7-9-19(10-8-12)11-15-14-5-3-4-6-16(14)21-17(15)18-13(2)20/h12H,3-11H2,1-2H3,(H,18,20)/p+1. The molecule has 1 amide bonds. The minimum atomic E-state index is 0.0668. The Morgan fingerprint density at radius 1 is 1.29 bits per heavy atom. The van der Waals surface area contributed by atoms with Crippen molar-refractivity contribution in [3.05, 3.63) is 16.0 Å². The number of likely N-dealkylation sites (tertiary alicyclic amines) is 1. The van der Waals surface area contributed by atoms with Crippen molar-refractivity contribution >= 4 is 22.2 Å². The van der Waals surface area contributed by atoms with Crippen LogP contribution >= 0.6 is 11.3 Å². The van der Waals surface area contributed by atoms with Gasteiger partial charge in [0, 0.05) is 17.4 Å². The van der Waals surface area contributed by atoms with Crippen molar-refractivity contribution in [3.63, 3.8) is 0 Å². The topological polar surface area (TPSA) is 33.5 Å². The number of rotatable bonds is 3. The summed E-state index contributed by atoms with van der Waals surface area (Å²) >= 11 is 1.83. The Bertz CT molecular complexity index is 515. The molecule has 0 saturated carbocycles. The van der Waals surface area contributed by atoms with E-state index >= 15 is 0 Å². The molecule has 0 spiro atoms. The van der Waals surface area contributed by atoms with E-state index in [1.807, 2.05) is 11.3 Å². The number of amides is 1. The van der Waals surface area contributed by atoms with Crippen LogP contribution in [-0.2, 0) is 24.2 Å². The molecule has 3 nitrogen and oxygen atoms in total. The smallest absolute Gasteiger partial charge is 0.221 e. The van der Waals surface area contributed by atoms with Crippen LogP contribution in [0.4, 0.5) is 5.00 Å². The van der Waals surface area contributed by atoms with Gasteiger partial charge in [0.2, 0.25) is 5.91 Å². The van der Waals surface area contributed by atoms with Gasteiger partial charge in [0.05, 0.1) is 13.1 Å². The summed E-state index contributed by atoms with van der Waals surface area (Å²) in [6.07, 6.45) is 7.72. The first kappa shape index (κ1) is 15.0. The van der Waals surface area contributed by atoms with Gasteiger partial charge in [-0.25, -0.2) is 0 Å². The molecule has 21 heavy (non-hydrogen) atoms. The summed E-state index contributed by atoms with van der Waals surface area (Å²) in [7, 11) is 0. The molecule has 116 valence electrons. The molecule has 1 aromatic rings. The van der Waals surface area contributed by atoms with Gasteiger partial charge in [-0.2, -0.15) is 0 Å². The summed E-state index contributed by atoms with van der Waals surface area (Å²) in [5.74, 6) is 0.956. The maximum Gasteiger partial charge on any atom is 0.221 e. The number of carbonyl (C=O) groups excluding carboxylic acids is 1. The summed E-state index contributed by atoms with van der Waals surface area (Å²) in [6.45, 7) is 7.66. The third-order valence-corrected chi connectivity index (χ3v) is 6.23. The Morgan fingerprint density at radius 3 is 2.71 bits per heavy atom. The monoisotopic (exact) mass is 307 g/mol. The fraction of sp³-hybridized carbons (Fsp3) is 0.706. The van der Waals surface area contributed by atoms with Crippen molar-refractivity contribution < 1.29 is 9.69 Å². The first-order valence-corrected chi connectivity index (χ1v) is 9.19.